The Morgan fingerprint density at radius 3 is 2.55 bits per heavy atom. The maximum atomic E-state index is 16.0. The second-order valence-corrected chi connectivity index (χ2v) is 12.0. The van der Waals surface area contributed by atoms with Gasteiger partial charge in [-0.15, -0.1) is 0 Å². The van der Waals surface area contributed by atoms with Crippen molar-refractivity contribution in [3.63, 3.8) is 0 Å². The standard InChI is InChI=1S/C32H29Cl2FN4O5/c1-32(42,19-8-11-38(12-9-19)30(41)28-36-10-13-44-28)20-15-23-26(24(35)16-20)31(43-2)39(29(23)40)27(18-4-3-5-21(33)14-18)25-7-6-22(34)17-37-25/h3-7,10,13-17,19,27,31,42H,8-9,11-12H2,1-2H3/t27?,31-,32?/m1/s1. The molecule has 2 aromatic heterocycles. The van der Waals surface area contributed by atoms with Crippen LogP contribution in [0.2, 0.25) is 10.0 Å². The molecule has 4 heterocycles. The first-order chi connectivity index (χ1) is 21.1. The number of benzene rings is 2. The summed E-state index contributed by atoms with van der Waals surface area (Å²) in [4.78, 5) is 38.3. The third-order valence-corrected chi connectivity index (χ3v) is 9.03. The summed E-state index contributed by atoms with van der Waals surface area (Å²) in [6.07, 6.45) is 4.06. The number of amides is 2. The Hall–Kier alpha value is -3.83. The summed E-state index contributed by atoms with van der Waals surface area (Å²) in [5.41, 5.74) is 0.0656. The third kappa shape index (κ3) is 5.36. The summed E-state index contributed by atoms with van der Waals surface area (Å²) in [5.74, 6) is -1.78. The molecule has 12 heteroatoms. The average Bonchev–Trinajstić information content (AvgIpc) is 3.65. The largest absolute Gasteiger partial charge is 0.441 e. The summed E-state index contributed by atoms with van der Waals surface area (Å²) in [7, 11) is 1.40. The number of carbonyl (C=O) groups is 2. The molecule has 2 aliphatic heterocycles. The van der Waals surface area contributed by atoms with E-state index in [0.29, 0.717) is 47.2 Å². The van der Waals surface area contributed by atoms with E-state index in [4.69, 9.17) is 32.4 Å². The molecule has 6 rings (SSSR count). The monoisotopic (exact) mass is 638 g/mol. The van der Waals surface area contributed by atoms with Crippen molar-refractivity contribution in [2.45, 2.75) is 37.6 Å². The molecule has 228 valence electrons. The predicted molar refractivity (Wildman–Crippen MR) is 160 cm³/mol. The lowest BCUT2D eigenvalue weighted by atomic mass is 9.76. The maximum absolute atomic E-state index is 16.0. The minimum absolute atomic E-state index is 0.0107. The van der Waals surface area contributed by atoms with Gasteiger partial charge >= 0.3 is 5.91 Å². The second kappa shape index (κ2) is 11.9. The van der Waals surface area contributed by atoms with Crippen molar-refractivity contribution < 1.29 is 28.2 Å². The highest BCUT2D eigenvalue weighted by Crippen LogP contribution is 2.46. The summed E-state index contributed by atoms with van der Waals surface area (Å²) < 4.78 is 26.9. The predicted octanol–water partition coefficient (Wildman–Crippen LogP) is 6.17. The van der Waals surface area contributed by atoms with Crippen LogP contribution >= 0.6 is 23.2 Å². The summed E-state index contributed by atoms with van der Waals surface area (Å²) >= 11 is 12.4. The molecule has 44 heavy (non-hydrogen) atoms. The van der Waals surface area contributed by atoms with Crippen LogP contribution in [-0.2, 0) is 10.3 Å². The molecule has 2 unspecified atom stereocenters. The number of carbonyl (C=O) groups excluding carboxylic acids is 2. The van der Waals surface area contributed by atoms with Crippen molar-refractivity contribution in [2.75, 3.05) is 20.2 Å². The molecule has 1 N–H and O–H groups in total. The number of pyridine rings is 1. The van der Waals surface area contributed by atoms with Crippen LogP contribution in [0.1, 0.15) is 75.5 Å². The first-order valence-corrected chi connectivity index (χ1v) is 14.8. The number of fused-ring (bicyclic) bond motifs is 1. The summed E-state index contributed by atoms with van der Waals surface area (Å²) in [6, 6.07) is 12.4. The van der Waals surface area contributed by atoms with Crippen LogP contribution in [0, 0.1) is 11.7 Å². The Balaban J connectivity index is 1.33. The first kappa shape index (κ1) is 30.2. The molecular weight excluding hydrogens is 610 g/mol. The van der Waals surface area contributed by atoms with Crippen LogP contribution in [0.5, 0.6) is 0 Å². The van der Waals surface area contributed by atoms with E-state index in [1.54, 1.807) is 54.3 Å². The zero-order valence-corrected chi connectivity index (χ0v) is 25.4. The Kier molecular flexibility index (Phi) is 8.19. The van der Waals surface area contributed by atoms with Gasteiger partial charge < -0.3 is 19.2 Å². The molecule has 0 aliphatic carbocycles. The van der Waals surface area contributed by atoms with Crippen molar-refractivity contribution in [1.29, 1.82) is 0 Å². The van der Waals surface area contributed by atoms with Gasteiger partial charge in [0.15, 0.2) is 6.23 Å². The van der Waals surface area contributed by atoms with Gasteiger partial charge in [-0.2, -0.15) is 0 Å². The topological polar surface area (TPSA) is 109 Å². The quantitative estimate of drug-likeness (QED) is 0.258. The Bertz CT molecular complexity index is 1690. The van der Waals surface area contributed by atoms with Gasteiger partial charge in [0.1, 0.15) is 18.1 Å². The van der Waals surface area contributed by atoms with Crippen molar-refractivity contribution in [3.05, 3.63) is 117 Å². The molecule has 0 spiro atoms. The number of piperidine rings is 1. The van der Waals surface area contributed by atoms with E-state index < -0.39 is 29.6 Å². The molecule has 2 aliphatic rings. The van der Waals surface area contributed by atoms with Gasteiger partial charge in [-0.25, -0.2) is 9.37 Å². The van der Waals surface area contributed by atoms with E-state index in [0.717, 1.165) is 0 Å². The lowest BCUT2D eigenvalue weighted by Crippen LogP contribution is -2.44. The molecule has 0 bridgehead atoms. The average molecular weight is 640 g/mol. The number of ether oxygens (including phenoxy) is 1. The highest BCUT2D eigenvalue weighted by molar-refractivity contribution is 6.30. The lowest BCUT2D eigenvalue weighted by Gasteiger charge is -2.39. The Labute approximate surface area is 263 Å². The molecule has 1 saturated heterocycles. The zero-order chi connectivity index (χ0) is 31.2. The molecule has 2 amide bonds. The Morgan fingerprint density at radius 1 is 1.14 bits per heavy atom. The van der Waals surface area contributed by atoms with Crippen LogP contribution in [0.3, 0.4) is 0 Å². The van der Waals surface area contributed by atoms with Crippen LogP contribution in [-0.4, -0.2) is 56.9 Å². The number of methoxy groups -OCH3 is 1. The van der Waals surface area contributed by atoms with Gasteiger partial charge in [-0.1, -0.05) is 35.3 Å². The molecule has 2 aromatic carbocycles. The fourth-order valence-electron chi connectivity index (χ4n) is 6.25. The molecule has 0 saturated carbocycles. The first-order valence-electron chi connectivity index (χ1n) is 14.1. The normalized spacial score (nSPS) is 19.1. The van der Waals surface area contributed by atoms with E-state index >= 15 is 4.39 Å². The molecule has 4 aromatic rings. The highest BCUT2D eigenvalue weighted by atomic mass is 35.5. The van der Waals surface area contributed by atoms with E-state index in [9.17, 15) is 14.7 Å². The maximum Gasteiger partial charge on any atom is 0.309 e. The van der Waals surface area contributed by atoms with E-state index in [2.05, 4.69) is 9.97 Å². The Morgan fingerprint density at radius 2 is 1.91 bits per heavy atom. The van der Waals surface area contributed by atoms with E-state index in [-0.39, 0.29) is 34.4 Å². The lowest BCUT2D eigenvalue weighted by molar-refractivity contribution is -0.0317. The van der Waals surface area contributed by atoms with Crippen molar-refractivity contribution in [2.24, 2.45) is 5.92 Å². The van der Waals surface area contributed by atoms with Crippen molar-refractivity contribution in [1.82, 2.24) is 19.8 Å². The smallest absolute Gasteiger partial charge is 0.309 e. The minimum atomic E-state index is -1.49. The van der Waals surface area contributed by atoms with Gasteiger partial charge in [-0.05, 0) is 73.2 Å². The van der Waals surface area contributed by atoms with Gasteiger partial charge in [0.25, 0.3) is 11.8 Å². The number of halogens is 3. The number of rotatable bonds is 7. The van der Waals surface area contributed by atoms with Crippen molar-refractivity contribution in [3.8, 4) is 0 Å². The fourth-order valence-corrected chi connectivity index (χ4v) is 6.56. The van der Waals surface area contributed by atoms with Crippen molar-refractivity contribution >= 4 is 35.0 Å². The van der Waals surface area contributed by atoms with Gasteiger partial charge in [0.2, 0.25) is 0 Å². The van der Waals surface area contributed by atoms with E-state index in [1.165, 1.54) is 36.7 Å². The minimum Gasteiger partial charge on any atom is -0.441 e. The third-order valence-electron chi connectivity index (χ3n) is 8.57. The van der Waals surface area contributed by atoms with Crippen LogP contribution < -0.4 is 0 Å². The molecule has 3 atom stereocenters. The number of aliphatic hydroxyl groups is 1. The van der Waals surface area contributed by atoms with Gasteiger partial charge in [-0.3, -0.25) is 19.5 Å². The SMILES string of the molecule is CO[C@@H]1c2c(F)cc(C(C)(O)C3CCN(C(=O)c4ncco4)CC3)cc2C(=O)N1C(c1cccc(Cl)c1)c1ccc(Cl)cn1. The fraction of sp³-hybridized carbons (Fsp3) is 0.312. The number of likely N-dealkylation sites (tertiary alicyclic amines) is 1. The zero-order valence-electron chi connectivity index (χ0n) is 23.9. The number of hydrogen-bond acceptors (Lipinski definition) is 7. The van der Waals surface area contributed by atoms with Crippen LogP contribution in [0.15, 0.2) is 71.6 Å². The van der Waals surface area contributed by atoms with Crippen LogP contribution in [0.4, 0.5) is 4.39 Å². The van der Waals surface area contributed by atoms with Gasteiger partial charge in [0, 0.05) is 37.0 Å². The summed E-state index contributed by atoms with van der Waals surface area (Å²) in [5, 5.41) is 12.7. The van der Waals surface area contributed by atoms with Gasteiger partial charge in [0.05, 0.1) is 28.1 Å². The highest BCUT2D eigenvalue weighted by Gasteiger charge is 2.46. The molecular formula is C32H29Cl2FN4O5. The molecule has 9 nitrogen and oxygen atoms in total. The molecule has 1 fully saturated rings. The van der Waals surface area contributed by atoms with E-state index in [1.807, 2.05) is 0 Å². The van der Waals surface area contributed by atoms with Crippen LogP contribution in [0.25, 0.3) is 0 Å². The summed E-state index contributed by atoms with van der Waals surface area (Å²) in [6.45, 7) is 2.34. The number of nitrogens with zero attached hydrogens (tertiary/aromatic N) is 4. The molecule has 0 radical (unpaired) electrons. The number of oxazole rings is 1. The second-order valence-electron chi connectivity index (χ2n) is 11.1. The number of aromatic nitrogens is 2. The number of hydrogen-bond donors (Lipinski definition) is 1.